The molecule has 1 fully saturated rings. The van der Waals surface area contributed by atoms with E-state index in [0.717, 1.165) is 24.7 Å². The summed E-state index contributed by atoms with van der Waals surface area (Å²) in [5.74, 6) is 1.94. The van der Waals surface area contributed by atoms with Gasteiger partial charge in [-0.15, -0.1) is 0 Å². The van der Waals surface area contributed by atoms with Gasteiger partial charge in [0.2, 0.25) is 0 Å². The molecule has 0 saturated carbocycles. The number of hydrogen-bond donors (Lipinski definition) is 1. The van der Waals surface area contributed by atoms with E-state index in [1.807, 2.05) is 6.20 Å². The highest BCUT2D eigenvalue weighted by Crippen LogP contribution is 2.25. The first-order valence-electron chi connectivity index (χ1n) is 7.28. The Morgan fingerprint density at radius 3 is 2.78 bits per heavy atom. The molecule has 1 aliphatic heterocycles. The van der Waals surface area contributed by atoms with Gasteiger partial charge in [-0.3, -0.25) is 0 Å². The average molecular weight is 247 g/mol. The van der Waals surface area contributed by atoms with Gasteiger partial charge in [0.25, 0.3) is 0 Å². The molecular weight excluding hydrogens is 222 g/mol. The Morgan fingerprint density at radius 2 is 2.11 bits per heavy atom. The van der Waals surface area contributed by atoms with Crippen molar-refractivity contribution in [2.75, 3.05) is 29.9 Å². The third kappa shape index (κ3) is 3.37. The van der Waals surface area contributed by atoms with Crippen LogP contribution in [-0.4, -0.2) is 24.6 Å². The molecule has 0 atom stereocenters. The maximum atomic E-state index is 4.37. The summed E-state index contributed by atoms with van der Waals surface area (Å²) in [6.07, 6.45) is 7.04. The topological polar surface area (TPSA) is 28.2 Å². The molecule has 0 amide bonds. The molecule has 0 bridgehead atoms. The van der Waals surface area contributed by atoms with Crippen molar-refractivity contribution in [3.05, 3.63) is 18.3 Å². The SMILES string of the molecule is CCCNc1cc(N2CCC(CC)CC2)ccn1. The molecule has 0 radical (unpaired) electrons. The second-order valence-corrected chi connectivity index (χ2v) is 5.16. The van der Waals surface area contributed by atoms with Crippen LogP contribution >= 0.6 is 0 Å². The van der Waals surface area contributed by atoms with Crippen LogP contribution in [0.5, 0.6) is 0 Å². The van der Waals surface area contributed by atoms with Gasteiger partial charge in [0, 0.05) is 37.6 Å². The number of nitrogens with one attached hydrogen (secondary N) is 1. The summed E-state index contributed by atoms with van der Waals surface area (Å²) in [5.41, 5.74) is 1.32. The molecule has 0 aromatic carbocycles. The van der Waals surface area contributed by atoms with Crippen LogP contribution in [0.1, 0.15) is 39.5 Å². The number of anilines is 2. The minimum absolute atomic E-state index is 0.931. The maximum absolute atomic E-state index is 4.37. The fourth-order valence-corrected chi connectivity index (χ4v) is 2.57. The summed E-state index contributed by atoms with van der Waals surface area (Å²) in [4.78, 5) is 6.86. The molecule has 1 saturated heterocycles. The van der Waals surface area contributed by atoms with E-state index in [9.17, 15) is 0 Å². The molecule has 100 valence electrons. The highest BCUT2D eigenvalue weighted by molar-refractivity contribution is 5.54. The Bertz CT molecular complexity index is 357. The van der Waals surface area contributed by atoms with Gasteiger partial charge in [-0.05, 0) is 31.2 Å². The van der Waals surface area contributed by atoms with E-state index in [1.54, 1.807) is 0 Å². The van der Waals surface area contributed by atoms with Crippen LogP contribution < -0.4 is 10.2 Å². The Morgan fingerprint density at radius 1 is 1.33 bits per heavy atom. The van der Waals surface area contributed by atoms with Crippen molar-refractivity contribution in [2.45, 2.75) is 39.5 Å². The lowest BCUT2D eigenvalue weighted by molar-refractivity contribution is 0.395. The summed E-state index contributed by atoms with van der Waals surface area (Å²) in [5, 5.41) is 3.36. The highest BCUT2D eigenvalue weighted by atomic mass is 15.1. The van der Waals surface area contributed by atoms with E-state index in [0.29, 0.717) is 0 Å². The van der Waals surface area contributed by atoms with Crippen LogP contribution in [0.15, 0.2) is 18.3 Å². The molecule has 3 nitrogen and oxygen atoms in total. The van der Waals surface area contributed by atoms with Crippen molar-refractivity contribution in [2.24, 2.45) is 5.92 Å². The van der Waals surface area contributed by atoms with Gasteiger partial charge in [-0.25, -0.2) is 4.98 Å². The molecule has 2 heterocycles. The first-order chi connectivity index (χ1) is 8.83. The molecule has 18 heavy (non-hydrogen) atoms. The number of nitrogens with zero attached hydrogens (tertiary/aromatic N) is 2. The maximum Gasteiger partial charge on any atom is 0.127 e. The molecular formula is C15H25N3. The van der Waals surface area contributed by atoms with Crippen LogP contribution in [0.4, 0.5) is 11.5 Å². The van der Waals surface area contributed by atoms with Gasteiger partial charge >= 0.3 is 0 Å². The summed E-state index contributed by atoms with van der Waals surface area (Å²) < 4.78 is 0. The van der Waals surface area contributed by atoms with E-state index in [2.05, 4.69) is 41.2 Å². The van der Waals surface area contributed by atoms with Crippen LogP contribution in [-0.2, 0) is 0 Å². The minimum atomic E-state index is 0.931. The fraction of sp³-hybridized carbons (Fsp3) is 0.667. The molecule has 1 N–H and O–H groups in total. The van der Waals surface area contributed by atoms with Crippen LogP contribution in [0, 0.1) is 5.92 Å². The molecule has 2 rings (SSSR count). The monoisotopic (exact) mass is 247 g/mol. The van der Waals surface area contributed by atoms with Crippen LogP contribution in [0.2, 0.25) is 0 Å². The third-order valence-electron chi connectivity index (χ3n) is 3.86. The van der Waals surface area contributed by atoms with E-state index >= 15 is 0 Å². The molecule has 1 aliphatic rings. The second-order valence-electron chi connectivity index (χ2n) is 5.16. The molecule has 0 unspecified atom stereocenters. The minimum Gasteiger partial charge on any atom is -0.371 e. The Hall–Kier alpha value is -1.25. The zero-order valence-electron chi connectivity index (χ0n) is 11.7. The first kappa shape index (κ1) is 13.2. The standard InChI is InChI=1S/C15H25N3/c1-3-8-16-15-12-14(5-9-17-15)18-10-6-13(4-2)7-11-18/h5,9,12-13H,3-4,6-8,10-11H2,1-2H3,(H,16,17). The Labute approximate surface area is 111 Å². The van der Waals surface area contributed by atoms with Crippen molar-refractivity contribution in [1.29, 1.82) is 0 Å². The Balaban J connectivity index is 1.96. The van der Waals surface area contributed by atoms with Gasteiger partial charge in [-0.2, -0.15) is 0 Å². The van der Waals surface area contributed by atoms with Gasteiger partial charge in [0.1, 0.15) is 5.82 Å². The van der Waals surface area contributed by atoms with Gasteiger partial charge < -0.3 is 10.2 Å². The molecule has 1 aromatic rings. The van der Waals surface area contributed by atoms with Crippen molar-refractivity contribution >= 4 is 11.5 Å². The van der Waals surface area contributed by atoms with E-state index in [1.165, 1.54) is 38.0 Å². The number of rotatable bonds is 5. The average Bonchev–Trinajstić information content (AvgIpc) is 2.45. The molecule has 0 spiro atoms. The smallest absolute Gasteiger partial charge is 0.127 e. The lowest BCUT2D eigenvalue weighted by atomic mass is 9.94. The predicted molar refractivity (Wildman–Crippen MR) is 78.2 cm³/mol. The van der Waals surface area contributed by atoms with Gasteiger partial charge in [-0.1, -0.05) is 20.3 Å². The number of hydrogen-bond acceptors (Lipinski definition) is 3. The van der Waals surface area contributed by atoms with Gasteiger partial charge in [0.15, 0.2) is 0 Å². The van der Waals surface area contributed by atoms with Crippen LogP contribution in [0.3, 0.4) is 0 Å². The Kier molecular flexibility index (Phi) is 4.85. The zero-order valence-corrected chi connectivity index (χ0v) is 11.7. The highest BCUT2D eigenvalue weighted by Gasteiger charge is 2.18. The number of pyridine rings is 1. The summed E-state index contributed by atoms with van der Waals surface area (Å²) in [7, 11) is 0. The normalized spacial score (nSPS) is 16.9. The predicted octanol–water partition coefficient (Wildman–Crippen LogP) is 3.53. The van der Waals surface area contributed by atoms with Crippen molar-refractivity contribution in [3.63, 3.8) is 0 Å². The number of aromatic nitrogens is 1. The van der Waals surface area contributed by atoms with E-state index in [-0.39, 0.29) is 0 Å². The van der Waals surface area contributed by atoms with Gasteiger partial charge in [0.05, 0.1) is 0 Å². The first-order valence-corrected chi connectivity index (χ1v) is 7.28. The fourth-order valence-electron chi connectivity index (χ4n) is 2.57. The van der Waals surface area contributed by atoms with Crippen molar-refractivity contribution in [3.8, 4) is 0 Å². The quantitative estimate of drug-likeness (QED) is 0.862. The molecule has 0 aliphatic carbocycles. The summed E-state index contributed by atoms with van der Waals surface area (Å²) >= 11 is 0. The van der Waals surface area contributed by atoms with Crippen molar-refractivity contribution in [1.82, 2.24) is 4.98 Å². The largest absolute Gasteiger partial charge is 0.371 e. The second kappa shape index (κ2) is 6.62. The lowest BCUT2D eigenvalue weighted by Gasteiger charge is -2.33. The third-order valence-corrected chi connectivity index (χ3v) is 3.86. The van der Waals surface area contributed by atoms with E-state index in [4.69, 9.17) is 0 Å². The summed E-state index contributed by atoms with van der Waals surface area (Å²) in [6.45, 7) is 7.85. The molecule has 1 aromatic heterocycles. The summed E-state index contributed by atoms with van der Waals surface area (Å²) in [6, 6.07) is 4.31. The van der Waals surface area contributed by atoms with E-state index < -0.39 is 0 Å². The number of piperidine rings is 1. The zero-order chi connectivity index (χ0) is 12.8. The van der Waals surface area contributed by atoms with Crippen LogP contribution in [0.25, 0.3) is 0 Å². The lowest BCUT2D eigenvalue weighted by Crippen LogP contribution is -2.33. The molecule has 3 heteroatoms. The van der Waals surface area contributed by atoms with Crippen molar-refractivity contribution < 1.29 is 0 Å².